The van der Waals surface area contributed by atoms with E-state index in [0.29, 0.717) is 29.0 Å². The smallest absolute Gasteiger partial charge is 0.251 e. The summed E-state index contributed by atoms with van der Waals surface area (Å²) in [5.41, 5.74) is 2.92. The number of anilines is 2. The number of nitrogens with zero attached hydrogens (tertiary/aromatic N) is 5. The molecule has 1 amide bonds. The summed E-state index contributed by atoms with van der Waals surface area (Å²) in [5, 5.41) is 6.40. The van der Waals surface area contributed by atoms with Crippen LogP contribution in [0.25, 0.3) is 11.2 Å². The van der Waals surface area contributed by atoms with Gasteiger partial charge < -0.3 is 24.8 Å². The molecule has 5 rings (SSSR count). The standard InChI is InChI=1S/C24H31N7O2/c1-30-11-9-17(10-12-30)27-23(32)16-7-8-19(21(13-16)33-2)28-24-25-14-20-22(29-24)31(15-26-20)18-5-3-4-6-18/h7-8,13-15,17-18H,3-6,9-12H2,1-2H3,(H,27,32)(H,25,28,29). The lowest BCUT2D eigenvalue weighted by atomic mass is 10.0. The van der Waals surface area contributed by atoms with Crippen LogP contribution in [0.3, 0.4) is 0 Å². The van der Waals surface area contributed by atoms with Gasteiger partial charge >= 0.3 is 0 Å². The third kappa shape index (κ3) is 4.64. The van der Waals surface area contributed by atoms with Crippen LogP contribution in [-0.2, 0) is 0 Å². The fourth-order valence-corrected chi connectivity index (χ4v) is 4.81. The number of carbonyl (C=O) groups is 1. The maximum atomic E-state index is 12.8. The molecule has 2 fully saturated rings. The van der Waals surface area contributed by atoms with Gasteiger partial charge in [-0.25, -0.2) is 9.97 Å². The second kappa shape index (κ2) is 9.35. The zero-order valence-corrected chi connectivity index (χ0v) is 19.3. The molecule has 2 aromatic heterocycles. The number of piperidine rings is 1. The van der Waals surface area contributed by atoms with E-state index in [1.54, 1.807) is 25.4 Å². The molecule has 2 aliphatic rings. The average molecular weight is 450 g/mol. The lowest BCUT2D eigenvalue weighted by Crippen LogP contribution is -2.43. The molecule has 0 atom stereocenters. The summed E-state index contributed by atoms with van der Waals surface area (Å²) in [5.74, 6) is 0.968. The van der Waals surface area contributed by atoms with E-state index in [2.05, 4.69) is 37.1 Å². The van der Waals surface area contributed by atoms with Crippen molar-refractivity contribution in [3.8, 4) is 5.75 Å². The van der Waals surface area contributed by atoms with Crippen LogP contribution in [0.4, 0.5) is 11.6 Å². The third-order valence-corrected chi connectivity index (χ3v) is 6.80. The van der Waals surface area contributed by atoms with Gasteiger partial charge in [-0.05, 0) is 64.0 Å². The number of fused-ring (bicyclic) bond motifs is 1. The highest BCUT2D eigenvalue weighted by molar-refractivity contribution is 5.95. The third-order valence-electron chi connectivity index (χ3n) is 6.80. The van der Waals surface area contributed by atoms with Gasteiger partial charge in [-0.15, -0.1) is 0 Å². The molecule has 0 spiro atoms. The second-order valence-electron chi connectivity index (χ2n) is 9.08. The monoisotopic (exact) mass is 449 g/mol. The van der Waals surface area contributed by atoms with Crippen molar-refractivity contribution in [3.05, 3.63) is 36.3 Å². The van der Waals surface area contributed by atoms with Gasteiger partial charge in [-0.3, -0.25) is 4.79 Å². The summed E-state index contributed by atoms with van der Waals surface area (Å²) >= 11 is 0. The topological polar surface area (TPSA) is 97.2 Å². The zero-order valence-electron chi connectivity index (χ0n) is 19.3. The Kier molecular flexibility index (Phi) is 6.13. The molecule has 2 N–H and O–H groups in total. The van der Waals surface area contributed by atoms with Crippen molar-refractivity contribution < 1.29 is 9.53 Å². The number of nitrogens with one attached hydrogen (secondary N) is 2. The molecule has 0 bridgehead atoms. The number of hydrogen-bond acceptors (Lipinski definition) is 7. The second-order valence-corrected chi connectivity index (χ2v) is 9.08. The Labute approximate surface area is 193 Å². The summed E-state index contributed by atoms with van der Waals surface area (Å²) < 4.78 is 7.74. The highest BCUT2D eigenvalue weighted by Gasteiger charge is 2.21. The Morgan fingerprint density at radius 2 is 1.91 bits per heavy atom. The predicted octanol–water partition coefficient (Wildman–Crippen LogP) is 3.52. The van der Waals surface area contributed by atoms with Crippen LogP contribution in [0.5, 0.6) is 5.75 Å². The minimum absolute atomic E-state index is 0.0764. The van der Waals surface area contributed by atoms with Crippen molar-refractivity contribution in [3.63, 3.8) is 0 Å². The normalized spacial score (nSPS) is 18.0. The average Bonchev–Trinajstić information content (AvgIpc) is 3.50. The van der Waals surface area contributed by atoms with Gasteiger partial charge in [-0.2, -0.15) is 4.98 Å². The van der Waals surface area contributed by atoms with E-state index in [4.69, 9.17) is 9.72 Å². The first-order valence-corrected chi connectivity index (χ1v) is 11.7. The van der Waals surface area contributed by atoms with Crippen LogP contribution < -0.4 is 15.4 Å². The Morgan fingerprint density at radius 1 is 1.12 bits per heavy atom. The van der Waals surface area contributed by atoms with E-state index in [1.165, 1.54) is 12.8 Å². The highest BCUT2D eigenvalue weighted by Crippen LogP contribution is 2.32. The van der Waals surface area contributed by atoms with Crippen molar-refractivity contribution in [2.45, 2.75) is 50.6 Å². The van der Waals surface area contributed by atoms with Gasteiger partial charge in [-0.1, -0.05) is 12.8 Å². The van der Waals surface area contributed by atoms with Gasteiger partial charge in [0.15, 0.2) is 5.65 Å². The molecule has 9 heteroatoms. The summed E-state index contributed by atoms with van der Waals surface area (Å²) in [6.45, 7) is 2.00. The van der Waals surface area contributed by atoms with Gasteiger partial charge in [0, 0.05) is 17.6 Å². The molecule has 9 nitrogen and oxygen atoms in total. The lowest BCUT2D eigenvalue weighted by molar-refractivity contribution is 0.0916. The number of aromatic nitrogens is 4. The number of amides is 1. The molecule has 1 aliphatic carbocycles. The van der Waals surface area contributed by atoms with E-state index >= 15 is 0 Å². The van der Waals surface area contributed by atoms with E-state index in [0.717, 1.165) is 49.9 Å². The maximum Gasteiger partial charge on any atom is 0.251 e. The number of hydrogen-bond donors (Lipinski definition) is 2. The lowest BCUT2D eigenvalue weighted by Gasteiger charge is -2.29. The fourth-order valence-electron chi connectivity index (χ4n) is 4.81. The number of ether oxygens (including phenoxy) is 1. The first-order valence-electron chi connectivity index (χ1n) is 11.7. The van der Waals surface area contributed by atoms with Gasteiger partial charge in [0.05, 0.1) is 25.3 Å². The first kappa shape index (κ1) is 21.6. The molecule has 1 saturated heterocycles. The van der Waals surface area contributed by atoms with Crippen LogP contribution in [0.1, 0.15) is 54.9 Å². The Morgan fingerprint density at radius 3 is 2.67 bits per heavy atom. The van der Waals surface area contributed by atoms with E-state index in [9.17, 15) is 4.79 Å². The Hall–Kier alpha value is -3.20. The molecule has 1 saturated carbocycles. The number of methoxy groups -OCH3 is 1. The fraction of sp³-hybridized carbons (Fsp3) is 0.500. The van der Waals surface area contributed by atoms with E-state index in [-0.39, 0.29) is 11.9 Å². The van der Waals surface area contributed by atoms with Crippen LogP contribution >= 0.6 is 0 Å². The quantitative estimate of drug-likeness (QED) is 0.594. The SMILES string of the molecule is COc1cc(C(=O)NC2CCN(C)CC2)ccc1Nc1ncc2ncn(C3CCCC3)c2n1. The minimum atomic E-state index is -0.0764. The van der Waals surface area contributed by atoms with Crippen molar-refractivity contribution >= 4 is 28.7 Å². The van der Waals surface area contributed by atoms with E-state index < -0.39 is 0 Å². The summed E-state index contributed by atoms with van der Waals surface area (Å²) in [4.78, 5) is 28.7. The van der Waals surface area contributed by atoms with Crippen molar-refractivity contribution in [2.24, 2.45) is 0 Å². The van der Waals surface area contributed by atoms with Crippen molar-refractivity contribution in [1.29, 1.82) is 0 Å². The van der Waals surface area contributed by atoms with Crippen LogP contribution in [0.15, 0.2) is 30.7 Å². The molecule has 0 unspecified atom stereocenters. The summed E-state index contributed by atoms with van der Waals surface area (Å²) in [6, 6.07) is 6.06. The summed E-state index contributed by atoms with van der Waals surface area (Å²) in [7, 11) is 3.71. The minimum Gasteiger partial charge on any atom is -0.495 e. The molecular formula is C24H31N7O2. The van der Waals surface area contributed by atoms with Gasteiger partial charge in [0.1, 0.15) is 11.3 Å². The molecule has 1 aromatic carbocycles. The molecule has 3 heterocycles. The number of imidazole rings is 1. The Bertz CT molecular complexity index is 1130. The molecule has 1 aliphatic heterocycles. The molecule has 0 radical (unpaired) electrons. The largest absolute Gasteiger partial charge is 0.495 e. The molecular weight excluding hydrogens is 418 g/mol. The maximum absolute atomic E-state index is 12.8. The van der Waals surface area contributed by atoms with Crippen LogP contribution in [0, 0.1) is 0 Å². The Balaban J connectivity index is 1.32. The molecule has 33 heavy (non-hydrogen) atoms. The van der Waals surface area contributed by atoms with Crippen molar-refractivity contribution in [1.82, 2.24) is 29.7 Å². The molecule has 3 aromatic rings. The van der Waals surface area contributed by atoms with Crippen molar-refractivity contribution in [2.75, 3.05) is 32.6 Å². The highest BCUT2D eigenvalue weighted by atomic mass is 16.5. The van der Waals surface area contributed by atoms with E-state index in [1.807, 2.05) is 12.4 Å². The van der Waals surface area contributed by atoms with Crippen LogP contribution in [-0.4, -0.2) is 63.6 Å². The zero-order chi connectivity index (χ0) is 22.8. The number of carbonyl (C=O) groups excluding carboxylic acids is 1. The van der Waals surface area contributed by atoms with Crippen LogP contribution in [0.2, 0.25) is 0 Å². The predicted molar refractivity (Wildman–Crippen MR) is 127 cm³/mol. The number of rotatable bonds is 6. The first-order chi connectivity index (χ1) is 16.1. The molecule has 174 valence electrons. The number of likely N-dealkylation sites (tertiary alicyclic amines) is 1. The number of benzene rings is 1. The summed E-state index contributed by atoms with van der Waals surface area (Å²) in [6.07, 6.45) is 10.4. The van der Waals surface area contributed by atoms with Gasteiger partial charge in [0.2, 0.25) is 5.95 Å². The van der Waals surface area contributed by atoms with Gasteiger partial charge in [0.25, 0.3) is 5.91 Å².